The van der Waals surface area contributed by atoms with Crippen molar-refractivity contribution < 1.29 is 21.6 Å². The molecule has 1 aliphatic rings. The van der Waals surface area contributed by atoms with Crippen molar-refractivity contribution in [2.45, 2.75) is 90.1 Å². The van der Waals surface area contributed by atoms with Gasteiger partial charge in [-0.25, -0.2) is 0 Å². The first kappa shape index (κ1) is 44.6. The average molecular weight is 582 g/mol. The molecule has 0 radical (unpaired) electrons. The second kappa shape index (κ2) is 38.7. The molecule has 0 aliphatic carbocycles. The number of nitrogens with two attached hydrogens (primary N) is 1. The van der Waals surface area contributed by atoms with Gasteiger partial charge >= 0.3 is 0 Å². The van der Waals surface area contributed by atoms with Gasteiger partial charge in [0.15, 0.2) is 0 Å². The minimum atomic E-state index is 0. The number of nitrogens with zero attached hydrogens (tertiary/aromatic N) is 1. The fourth-order valence-corrected chi connectivity index (χ4v) is 3.32. The molecule has 1 rings (SSSR count). The van der Waals surface area contributed by atoms with Crippen LogP contribution in [0.3, 0.4) is 0 Å². The number of hydrogen-bond donors (Lipinski definition) is 3. The number of ether oxygens (including phenoxy) is 1. The number of unbranched alkanes of at least 4 members (excludes halogenated alkanes) is 10. The lowest BCUT2D eigenvalue weighted by atomic mass is 10.1. The van der Waals surface area contributed by atoms with Gasteiger partial charge in [-0.2, -0.15) is 0 Å². The van der Waals surface area contributed by atoms with Crippen LogP contribution >= 0.6 is 11.6 Å². The summed E-state index contributed by atoms with van der Waals surface area (Å²) < 4.78 is 5.82. The molecule has 0 bridgehead atoms. The summed E-state index contributed by atoms with van der Waals surface area (Å²) in [5.74, 6) is 0.667. The van der Waals surface area contributed by atoms with Crippen molar-refractivity contribution >= 4 is 11.6 Å². The lowest BCUT2D eigenvalue weighted by Crippen LogP contribution is -3.00. The van der Waals surface area contributed by atoms with Crippen LogP contribution in [-0.4, -0.2) is 83.5 Å². The summed E-state index contributed by atoms with van der Waals surface area (Å²) in [4.78, 5) is 0. The van der Waals surface area contributed by atoms with E-state index in [4.69, 9.17) is 22.1 Å². The van der Waals surface area contributed by atoms with Gasteiger partial charge in [0.05, 0.1) is 46.3 Å². The molecule has 0 aromatic rings. The topological polar surface area (TPSA) is 62.6 Å². The van der Waals surface area contributed by atoms with Crippen LogP contribution in [0.2, 0.25) is 0 Å². The number of quaternary nitrogens is 1. The minimum Gasteiger partial charge on any atom is -1.00 e. The molecule has 1 unspecified atom stereocenters. The number of epoxide rings is 1. The van der Waals surface area contributed by atoms with Crippen LogP contribution < -0.4 is 28.8 Å². The second-order valence-corrected chi connectivity index (χ2v) is 10.8. The zero-order valence-electron chi connectivity index (χ0n) is 25.8. The van der Waals surface area contributed by atoms with Gasteiger partial charge in [-0.15, -0.1) is 31.3 Å². The fourth-order valence-electron chi connectivity index (χ4n) is 3.14. The normalized spacial score (nSPS) is 13.3. The molecule has 7 heteroatoms. The maximum Gasteiger partial charge on any atom is 0.0944 e. The van der Waals surface area contributed by atoms with E-state index in [1.54, 1.807) is 6.08 Å². The van der Waals surface area contributed by atoms with Gasteiger partial charge in [-0.1, -0.05) is 76.5 Å². The van der Waals surface area contributed by atoms with Crippen molar-refractivity contribution in [1.82, 2.24) is 10.6 Å². The molecule has 1 heterocycles. The molecular weight excluding hydrogens is 515 g/mol. The highest BCUT2D eigenvalue weighted by Gasteiger charge is 2.19. The average Bonchev–Trinajstić information content (AvgIpc) is 3.72. The van der Waals surface area contributed by atoms with Crippen molar-refractivity contribution in [2.24, 2.45) is 5.73 Å². The summed E-state index contributed by atoms with van der Waals surface area (Å²) in [6.07, 6.45) is 22.5. The van der Waals surface area contributed by atoms with E-state index in [2.05, 4.69) is 58.4 Å². The van der Waals surface area contributed by atoms with Crippen LogP contribution in [0.1, 0.15) is 84.0 Å². The van der Waals surface area contributed by atoms with Gasteiger partial charge in [0.2, 0.25) is 0 Å². The molecule has 4 N–H and O–H groups in total. The molecule has 0 amide bonds. The van der Waals surface area contributed by atoms with Gasteiger partial charge in [0.1, 0.15) is 0 Å². The van der Waals surface area contributed by atoms with Crippen LogP contribution in [0.25, 0.3) is 0 Å². The third-order valence-electron chi connectivity index (χ3n) is 5.46. The van der Waals surface area contributed by atoms with Crippen LogP contribution in [0, 0.1) is 0 Å². The van der Waals surface area contributed by atoms with E-state index >= 15 is 0 Å². The number of halogens is 2. The Kier molecular flexibility index (Phi) is 45.5. The summed E-state index contributed by atoms with van der Waals surface area (Å²) in [6.45, 7) is 19.9. The number of alkyl halides is 1. The Morgan fingerprint density at radius 1 is 0.789 bits per heavy atom. The highest BCUT2D eigenvalue weighted by atomic mass is 35.5. The van der Waals surface area contributed by atoms with E-state index in [1.165, 1.54) is 83.6 Å². The minimum absolute atomic E-state index is 0. The molecule has 38 heavy (non-hydrogen) atoms. The summed E-state index contributed by atoms with van der Waals surface area (Å²) in [5.41, 5.74) is 4.91. The van der Waals surface area contributed by atoms with Crippen molar-refractivity contribution in [3.05, 3.63) is 38.0 Å². The van der Waals surface area contributed by atoms with Crippen LogP contribution in [0.5, 0.6) is 0 Å². The predicted octanol–water partition coefficient (Wildman–Crippen LogP) is 3.69. The van der Waals surface area contributed by atoms with Gasteiger partial charge < -0.3 is 38.0 Å². The third kappa shape index (κ3) is 55.9. The highest BCUT2D eigenvalue weighted by molar-refractivity contribution is 6.18. The van der Waals surface area contributed by atoms with Gasteiger partial charge in [0, 0.05) is 19.6 Å². The lowest BCUT2D eigenvalue weighted by molar-refractivity contribution is -0.870. The first-order valence-corrected chi connectivity index (χ1v) is 15.3. The van der Waals surface area contributed by atoms with Gasteiger partial charge in [-0.05, 0) is 38.8 Å². The Bertz CT molecular complexity index is 456. The summed E-state index contributed by atoms with van der Waals surface area (Å²) >= 11 is 5.27. The highest BCUT2D eigenvalue weighted by Crippen LogP contribution is 2.09. The monoisotopic (exact) mass is 580 g/mol. The van der Waals surface area contributed by atoms with Gasteiger partial charge in [-0.3, -0.25) is 0 Å². The Balaban J connectivity index is -0.000000225. The van der Waals surface area contributed by atoms with E-state index in [0.717, 1.165) is 37.3 Å². The van der Waals surface area contributed by atoms with Crippen molar-refractivity contribution in [1.29, 1.82) is 0 Å². The molecule has 0 saturated carbocycles. The smallest absolute Gasteiger partial charge is 0.0944 e. The van der Waals surface area contributed by atoms with Crippen LogP contribution in [-0.2, 0) is 4.74 Å². The summed E-state index contributed by atoms with van der Waals surface area (Å²) in [6, 6.07) is 0. The molecule has 0 aromatic heterocycles. The molecule has 0 aromatic carbocycles. The molecule has 0 spiro atoms. The van der Waals surface area contributed by atoms with Gasteiger partial charge in [0.25, 0.3) is 0 Å². The van der Waals surface area contributed by atoms with Crippen molar-refractivity contribution in [2.75, 3.05) is 72.9 Å². The zero-order valence-corrected chi connectivity index (χ0v) is 27.3. The lowest BCUT2D eigenvalue weighted by Gasteiger charge is -2.23. The standard InChI is InChI=1S/C13H27N.C12H27N2.C3H5ClO.C3H7N.ClH/c1-3-5-6-7-8-9-10-11-13-14-12-4-2;1-5-10-13-11-8-6-7-9-12-14(2,3)4;4-1-3-2-5-3;1-2-3-4;/h4,14H,2-3,5-13H2,1H3;5,13H,1,6-12H2,2-4H3;3H,1-2H2;2H,1,3-4H2;1H/q;+1;;;/p-1. The first-order chi connectivity index (χ1) is 17.8. The Hall–Kier alpha value is -0.400. The molecule has 5 nitrogen and oxygen atoms in total. The maximum absolute atomic E-state index is 5.27. The van der Waals surface area contributed by atoms with E-state index in [9.17, 15) is 0 Å². The number of hydrogen-bond acceptors (Lipinski definition) is 4. The van der Waals surface area contributed by atoms with Crippen LogP contribution in [0.4, 0.5) is 0 Å². The Morgan fingerprint density at radius 2 is 1.18 bits per heavy atom. The van der Waals surface area contributed by atoms with E-state index < -0.39 is 0 Å². The molecular formula is C31H66Cl2N4O. The number of rotatable bonds is 22. The molecule has 1 fully saturated rings. The molecule has 1 atom stereocenters. The Morgan fingerprint density at radius 3 is 1.47 bits per heavy atom. The van der Waals surface area contributed by atoms with E-state index in [0.29, 0.717) is 18.5 Å². The van der Waals surface area contributed by atoms with E-state index in [1.807, 2.05) is 12.2 Å². The largest absolute Gasteiger partial charge is 1.00 e. The molecule has 1 aliphatic heterocycles. The molecule has 1 saturated heterocycles. The SMILES string of the molecule is C=CCN.C=CCNCCCCCCCCCC.C=CCNCCCCCC[N+](C)(C)C.ClCC1CO1.[Cl-]. The third-order valence-corrected chi connectivity index (χ3v) is 5.80. The fraction of sp³-hybridized carbons (Fsp3) is 0.806. The summed E-state index contributed by atoms with van der Waals surface area (Å²) in [7, 11) is 6.77. The second-order valence-electron chi connectivity index (χ2n) is 10.5. The maximum atomic E-state index is 5.27. The first-order valence-electron chi connectivity index (χ1n) is 14.7. The zero-order chi connectivity index (χ0) is 28.5. The predicted molar refractivity (Wildman–Crippen MR) is 170 cm³/mol. The van der Waals surface area contributed by atoms with Crippen molar-refractivity contribution in [3.8, 4) is 0 Å². The quantitative estimate of drug-likeness (QED) is 0.0600. The Labute approximate surface area is 250 Å². The number of nitrogens with one attached hydrogen (secondary N) is 2. The van der Waals surface area contributed by atoms with E-state index in [-0.39, 0.29) is 12.4 Å². The van der Waals surface area contributed by atoms with Crippen LogP contribution in [0.15, 0.2) is 38.0 Å². The summed E-state index contributed by atoms with van der Waals surface area (Å²) in [5, 5.41) is 6.65. The molecule has 230 valence electrons. The van der Waals surface area contributed by atoms with Crippen molar-refractivity contribution in [3.63, 3.8) is 0 Å².